The lowest BCUT2D eigenvalue weighted by molar-refractivity contribution is -0.126. The number of benzene rings is 2. The van der Waals surface area contributed by atoms with E-state index in [0.717, 1.165) is 10.6 Å². The number of amides is 1. The lowest BCUT2D eigenvalue weighted by Crippen LogP contribution is -2.56. The minimum absolute atomic E-state index is 0.00381. The van der Waals surface area contributed by atoms with Crippen LogP contribution in [-0.2, 0) is 4.79 Å². The second-order valence-corrected chi connectivity index (χ2v) is 12.9. The normalized spacial score (nSPS) is 16.4. The second kappa shape index (κ2) is 12.1. The van der Waals surface area contributed by atoms with Crippen LogP contribution in [0.1, 0.15) is 37.4 Å². The number of carbonyl (C=O) groups excluding carboxylic acids is 1. The Balaban J connectivity index is 1.82. The molecule has 0 aliphatic carbocycles. The summed E-state index contributed by atoms with van der Waals surface area (Å²) in [6.45, 7) is 10.1. The fourth-order valence-corrected chi connectivity index (χ4v) is 7.14. The van der Waals surface area contributed by atoms with Gasteiger partial charge in [-0.05, 0) is 43.0 Å². The zero-order valence-corrected chi connectivity index (χ0v) is 27.7. The Bertz CT molecular complexity index is 2030. The number of fused-ring (bicyclic) bond motifs is 2. The van der Waals surface area contributed by atoms with Crippen molar-refractivity contribution in [3.8, 4) is 16.8 Å². The van der Waals surface area contributed by atoms with E-state index in [-0.39, 0.29) is 77.2 Å². The molecule has 1 unspecified atom stereocenters. The molecule has 0 radical (unpaired) electrons. The number of piperazine rings is 1. The zero-order valence-electron chi connectivity index (χ0n) is 26.2. The molecule has 1 saturated heterocycles. The quantitative estimate of drug-likeness (QED) is 0.154. The minimum Gasteiger partial charge on any atom is -0.397 e. The summed E-state index contributed by atoms with van der Waals surface area (Å²) in [5.41, 5.74) is 4.30. The first-order valence-corrected chi connectivity index (χ1v) is 15.8. The van der Waals surface area contributed by atoms with Gasteiger partial charge in [-0.25, -0.2) is 18.0 Å². The van der Waals surface area contributed by atoms with Gasteiger partial charge in [0.15, 0.2) is 17.5 Å². The number of aryl methyl sites for hydroxylation is 1. The molecular formula is C33H32Cl2F3N7O2. The number of hydrogen-bond donors (Lipinski definition) is 1. The van der Waals surface area contributed by atoms with Gasteiger partial charge >= 0.3 is 5.69 Å². The molecular weight excluding hydrogens is 654 g/mol. The molecule has 246 valence electrons. The van der Waals surface area contributed by atoms with Gasteiger partial charge in [0.05, 0.1) is 43.8 Å². The Morgan fingerprint density at radius 1 is 1.09 bits per heavy atom. The molecule has 2 aliphatic rings. The van der Waals surface area contributed by atoms with E-state index in [1.165, 1.54) is 6.08 Å². The van der Waals surface area contributed by atoms with Crippen molar-refractivity contribution in [3.63, 3.8) is 0 Å². The molecule has 2 aromatic heterocycles. The van der Waals surface area contributed by atoms with Crippen LogP contribution in [0.5, 0.6) is 0 Å². The van der Waals surface area contributed by atoms with Crippen LogP contribution in [0.15, 0.2) is 35.8 Å². The van der Waals surface area contributed by atoms with E-state index in [2.05, 4.69) is 16.5 Å². The number of rotatable bonds is 4. The Morgan fingerprint density at radius 2 is 1.81 bits per heavy atom. The van der Waals surface area contributed by atoms with E-state index in [1.54, 1.807) is 36.0 Å². The molecule has 0 bridgehead atoms. The van der Waals surface area contributed by atoms with Gasteiger partial charge in [-0.1, -0.05) is 43.6 Å². The number of anilines is 3. The first kappa shape index (κ1) is 32.6. The summed E-state index contributed by atoms with van der Waals surface area (Å²) in [6.07, 6.45) is 3.24. The lowest BCUT2D eigenvalue weighted by Gasteiger charge is -2.44. The van der Waals surface area contributed by atoms with Crippen LogP contribution in [0.4, 0.5) is 30.4 Å². The lowest BCUT2D eigenvalue weighted by atomic mass is 9.95. The number of carbonyl (C=O) groups is 1. The highest BCUT2D eigenvalue weighted by molar-refractivity contribution is 6.37. The van der Waals surface area contributed by atoms with Crippen molar-refractivity contribution in [1.29, 1.82) is 0 Å². The van der Waals surface area contributed by atoms with Crippen molar-refractivity contribution in [1.82, 2.24) is 19.4 Å². The summed E-state index contributed by atoms with van der Waals surface area (Å²) in [5.74, 6) is -3.96. The number of nitrogen functional groups attached to an aromatic ring is 1. The maximum Gasteiger partial charge on any atom is 0.354 e. The molecule has 47 heavy (non-hydrogen) atoms. The minimum atomic E-state index is -1.25. The third kappa shape index (κ3) is 5.09. The first-order valence-electron chi connectivity index (χ1n) is 15.0. The molecule has 4 heterocycles. The Hall–Kier alpha value is -4.29. The topological polar surface area (TPSA) is 101 Å². The van der Waals surface area contributed by atoms with Crippen LogP contribution < -0.4 is 21.2 Å². The van der Waals surface area contributed by atoms with Crippen LogP contribution >= 0.6 is 23.2 Å². The van der Waals surface area contributed by atoms with Crippen LogP contribution in [0.3, 0.4) is 0 Å². The molecule has 4 aromatic rings. The number of aromatic nitrogens is 3. The monoisotopic (exact) mass is 685 g/mol. The summed E-state index contributed by atoms with van der Waals surface area (Å²) in [7, 11) is 1.61. The number of nitrogens with two attached hydrogens (primary N) is 1. The van der Waals surface area contributed by atoms with Crippen LogP contribution in [-0.4, -0.2) is 64.6 Å². The summed E-state index contributed by atoms with van der Waals surface area (Å²) < 4.78 is 51.5. The highest BCUT2D eigenvalue weighted by Crippen LogP contribution is 2.48. The Kier molecular flexibility index (Phi) is 8.38. The molecule has 2 aliphatic heterocycles. The number of halogens is 5. The van der Waals surface area contributed by atoms with E-state index < -0.39 is 45.0 Å². The Labute approximate surface area is 279 Å². The van der Waals surface area contributed by atoms with Crippen molar-refractivity contribution < 1.29 is 18.0 Å². The number of nitrogens with zero attached hydrogens (tertiary/aromatic N) is 6. The average Bonchev–Trinajstić information content (AvgIpc) is 3.03. The van der Waals surface area contributed by atoms with Gasteiger partial charge in [-0.3, -0.25) is 14.3 Å². The molecule has 2 aromatic carbocycles. The van der Waals surface area contributed by atoms with Gasteiger partial charge in [-0.2, -0.15) is 4.98 Å². The highest BCUT2D eigenvalue weighted by Gasteiger charge is 2.38. The SMILES string of the molecule is C=CC(=O)N1CCN2c3nc(=O)n(-c4c(C)ccnc4C(C)C)c4c(F)c(-c5c(N)c(Cl)cc(Cl)c5F)c(F)c(c34)N(C)CCC2C1. The van der Waals surface area contributed by atoms with Gasteiger partial charge in [0, 0.05) is 51.0 Å². The number of hydrogen-bond acceptors (Lipinski definition) is 7. The molecule has 0 saturated carbocycles. The van der Waals surface area contributed by atoms with Crippen LogP contribution in [0.25, 0.3) is 27.7 Å². The maximum atomic E-state index is 17.5. The van der Waals surface area contributed by atoms with Crippen molar-refractivity contribution in [2.45, 2.75) is 39.2 Å². The molecule has 9 nitrogen and oxygen atoms in total. The van der Waals surface area contributed by atoms with Gasteiger partial charge in [0.25, 0.3) is 0 Å². The molecule has 1 fully saturated rings. The molecule has 2 N–H and O–H groups in total. The molecule has 6 rings (SSSR count). The van der Waals surface area contributed by atoms with Crippen molar-refractivity contribution in [2.24, 2.45) is 0 Å². The summed E-state index contributed by atoms with van der Waals surface area (Å²) in [6, 6.07) is 2.39. The van der Waals surface area contributed by atoms with Gasteiger partial charge in [-0.15, -0.1) is 0 Å². The maximum absolute atomic E-state index is 17.5. The summed E-state index contributed by atoms with van der Waals surface area (Å²) in [5, 5.41) is -0.680. The smallest absolute Gasteiger partial charge is 0.354 e. The van der Waals surface area contributed by atoms with E-state index in [0.29, 0.717) is 17.7 Å². The summed E-state index contributed by atoms with van der Waals surface area (Å²) >= 11 is 12.4. The zero-order chi connectivity index (χ0) is 34.1. The largest absolute Gasteiger partial charge is 0.397 e. The van der Waals surface area contributed by atoms with Crippen molar-refractivity contribution in [2.75, 3.05) is 48.8 Å². The molecule has 0 spiro atoms. The van der Waals surface area contributed by atoms with Crippen molar-refractivity contribution >= 4 is 57.2 Å². The highest BCUT2D eigenvalue weighted by atomic mass is 35.5. The predicted octanol–water partition coefficient (Wildman–Crippen LogP) is 6.23. The molecule has 14 heteroatoms. The third-order valence-electron chi connectivity index (χ3n) is 8.97. The fraction of sp³-hybridized carbons (Fsp3) is 0.333. The average molecular weight is 687 g/mol. The first-order chi connectivity index (χ1) is 22.3. The van der Waals surface area contributed by atoms with E-state index in [4.69, 9.17) is 28.9 Å². The Morgan fingerprint density at radius 3 is 2.49 bits per heavy atom. The van der Waals surface area contributed by atoms with Gasteiger partial charge in [0.2, 0.25) is 5.91 Å². The van der Waals surface area contributed by atoms with E-state index in [1.807, 2.05) is 18.7 Å². The van der Waals surface area contributed by atoms with E-state index in [9.17, 15) is 9.59 Å². The van der Waals surface area contributed by atoms with Crippen LogP contribution in [0.2, 0.25) is 10.0 Å². The predicted molar refractivity (Wildman–Crippen MR) is 180 cm³/mol. The standard InChI is InChI=1S/C33H32Cl2F3N7O2/c1-6-20(46)43-11-12-44-17(14-43)8-10-42(5)30-23-31(26(38)21(25(30)37)22-24(36)18(34)13-19(35)27(22)39)45(33(47)41-32(23)44)29-16(4)7-9-40-28(29)15(2)3/h6-7,9,13,15,17H,1,8,10-12,14,39H2,2-5H3. The number of pyridine rings is 1. The van der Waals surface area contributed by atoms with Gasteiger partial charge in [0.1, 0.15) is 11.3 Å². The van der Waals surface area contributed by atoms with Crippen LogP contribution in [0, 0.1) is 24.4 Å². The fourth-order valence-electron chi connectivity index (χ4n) is 6.68. The second-order valence-electron chi connectivity index (χ2n) is 12.1. The third-order valence-corrected chi connectivity index (χ3v) is 9.56. The van der Waals surface area contributed by atoms with E-state index >= 15 is 13.2 Å². The van der Waals surface area contributed by atoms with Crippen molar-refractivity contribution in [3.05, 3.63) is 80.2 Å². The molecule has 1 atom stereocenters. The van der Waals surface area contributed by atoms with Gasteiger partial charge < -0.3 is 20.4 Å². The molecule has 1 amide bonds. The summed E-state index contributed by atoms with van der Waals surface area (Å²) in [4.78, 5) is 40.8.